The molecule has 0 bridgehead atoms. The molecule has 4 rings (SSSR count). The third-order valence-corrected chi connectivity index (χ3v) is 5.62. The highest BCUT2D eigenvalue weighted by Gasteiger charge is 2.19. The van der Waals surface area contributed by atoms with Crippen molar-refractivity contribution in [2.24, 2.45) is 0 Å². The molecule has 1 N–H and O–H groups in total. The molecule has 1 unspecified atom stereocenters. The second-order valence-electron chi connectivity index (χ2n) is 7.85. The summed E-state index contributed by atoms with van der Waals surface area (Å²) in [5, 5.41) is 3.42. The highest BCUT2D eigenvalue weighted by molar-refractivity contribution is 6.06. The van der Waals surface area contributed by atoms with Crippen LogP contribution in [0.25, 0.3) is 21.9 Å². The SMILES string of the molecule is CCC(C)NC(=O)Cn1c2ccc(F)cc2c2ncn(Cc3ccc(OC)cc3)c(=O)c21. The lowest BCUT2D eigenvalue weighted by Gasteiger charge is -2.13. The minimum atomic E-state index is -0.426. The van der Waals surface area contributed by atoms with Gasteiger partial charge in [-0.25, -0.2) is 9.37 Å². The van der Waals surface area contributed by atoms with Gasteiger partial charge in [0.2, 0.25) is 5.91 Å². The summed E-state index contributed by atoms with van der Waals surface area (Å²) in [6.07, 6.45) is 2.25. The Morgan fingerprint density at radius 1 is 1.22 bits per heavy atom. The van der Waals surface area contributed by atoms with Crippen LogP contribution in [0.2, 0.25) is 0 Å². The maximum Gasteiger partial charge on any atom is 0.278 e. The van der Waals surface area contributed by atoms with E-state index in [2.05, 4.69) is 10.3 Å². The number of halogens is 1. The number of aromatic nitrogens is 3. The van der Waals surface area contributed by atoms with Gasteiger partial charge < -0.3 is 14.6 Å². The first-order valence-electron chi connectivity index (χ1n) is 10.5. The number of hydrogen-bond donors (Lipinski definition) is 1. The average Bonchev–Trinajstić information content (AvgIpc) is 3.09. The van der Waals surface area contributed by atoms with Crippen molar-refractivity contribution in [3.63, 3.8) is 0 Å². The number of carbonyl (C=O) groups is 1. The van der Waals surface area contributed by atoms with Gasteiger partial charge in [0.05, 0.1) is 25.5 Å². The molecule has 0 aliphatic carbocycles. The number of nitrogens with zero attached hydrogens (tertiary/aromatic N) is 3. The first-order chi connectivity index (χ1) is 15.4. The molecule has 166 valence electrons. The monoisotopic (exact) mass is 436 g/mol. The molecule has 1 atom stereocenters. The van der Waals surface area contributed by atoms with E-state index in [9.17, 15) is 14.0 Å². The molecule has 0 saturated carbocycles. The number of benzene rings is 2. The smallest absolute Gasteiger partial charge is 0.278 e. The lowest BCUT2D eigenvalue weighted by atomic mass is 10.2. The summed E-state index contributed by atoms with van der Waals surface area (Å²) >= 11 is 0. The lowest BCUT2D eigenvalue weighted by Crippen LogP contribution is -2.35. The van der Waals surface area contributed by atoms with E-state index in [-0.39, 0.29) is 29.6 Å². The van der Waals surface area contributed by atoms with Crippen LogP contribution in [0.15, 0.2) is 53.6 Å². The second-order valence-corrected chi connectivity index (χ2v) is 7.85. The predicted octanol–water partition coefficient (Wildman–Crippen LogP) is 3.46. The molecule has 0 spiro atoms. The average molecular weight is 436 g/mol. The van der Waals surface area contributed by atoms with E-state index in [1.807, 2.05) is 38.1 Å². The summed E-state index contributed by atoms with van der Waals surface area (Å²) in [4.78, 5) is 30.5. The summed E-state index contributed by atoms with van der Waals surface area (Å²) in [6.45, 7) is 4.15. The molecule has 1 amide bonds. The molecule has 4 aromatic rings. The topological polar surface area (TPSA) is 78.2 Å². The summed E-state index contributed by atoms with van der Waals surface area (Å²) in [5.74, 6) is 0.0846. The molecule has 2 heterocycles. The van der Waals surface area contributed by atoms with Gasteiger partial charge >= 0.3 is 0 Å². The molecule has 0 radical (unpaired) electrons. The number of ether oxygens (including phenoxy) is 1. The largest absolute Gasteiger partial charge is 0.497 e. The quantitative estimate of drug-likeness (QED) is 0.481. The second kappa shape index (κ2) is 8.82. The fourth-order valence-corrected chi connectivity index (χ4v) is 3.74. The van der Waals surface area contributed by atoms with Gasteiger partial charge in [0, 0.05) is 11.4 Å². The van der Waals surface area contributed by atoms with Crippen molar-refractivity contribution in [3.05, 3.63) is 70.5 Å². The predicted molar refractivity (Wildman–Crippen MR) is 121 cm³/mol. The molecule has 0 saturated heterocycles. The molecule has 0 aliphatic heterocycles. The maximum atomic E-state index is 14.0. The normalized spacial score (nSPS) is 12.2. The zero-order valence-corrected chi connectivity index (χ0v) is 18.3. The van der Waals surface area contributed by atoms with E-state index in [4.69, 9.17) is 4.74 Å². The van der Waals surface area contributed by atoms with Crippen LogP contribution in [0.4, 0.5) is 4.39 Å². The number of rotatable bonds is 7. The van der Waals surface area contributed by atoms with Gasteiger partial charge in [0.1, 0.15) is 29.1 Å². The fourth-order valence-electron chi connectivity index (χ4n) is 3.74. The molecule has 2 aromatic heterocycles. The van der Waals surface area contributed by atoms with Crippen molar-refractivity contribution in [2.45, 2.75) is 39.4 Å². The highest BCUT2D eigenvalue weighted by atomic mass is 19.1. The third kappa shape index (κ3) is 4.08. The van der Waals surface area contributed by atoms with Crippen LogP contribution in [-0.4, -0.2) is 33.2 Å². The molecule has 7 nitrogen and oxygen atoms in total. The summed E-state index contributed by atoms with van der Waals surface area (Å²) < 4.78 is 22.3. The zero-order valence-electron chi connectivity index (χ0n) is 18.3. The minimum Gasteiger partial charge on any atom is -0.497 e. The van der Waals surface area contributed by atoms with Crippen molar-refractivity contribution >= 4 is 27.8 Å². The number of nitrogens with one attached hydrogen (secondary N) is 1. The van der Waals surface area contributed by atoms with E-state index in [0.717, 1.165) is 17.7 Å². The van der Waals surface area contributed by atoms with Gasteiger partial charge in [0.15, 0.2) is 0 Å². The lowest BCUT2D eigenvalue weighted by molar-refractivity contribution is -0.122. The van der Waals surface area contributed by atoms with Crippen LogP contribution in [0.3, 0.4) is 0 Å². The Morgan fingerprint density at radius 2 is 1.97 bits per heavy atom. The number of fused-ring (bicyclic) bond motifs is 3. The Bertz CT molecular complexity index is 1340. The fraction of sp³-hybridized carbons (Fsp3) is 0.292. The third-order valence-electron chi connectivity index (χ3n) is 5.62. The van der Waals surface area contributed by atoms with Crippen LogP contribution in [0, 0.1) is 5.82 Å². The van der Waals surface area contributed by atoms with Gasteiger partial charge in [-0.1, -0.05) is 19.1 Å². The first-order valence-corrected chi connectivity index (χ1v) is 10.5. The van der Waals surface area contributed by atoms with Crippen LogP contribution < -0.4 is 15.6 Å². The van der Waals surface area contributed by atoms with Crippen molar-refractivity contribution < 1.29 is 13.9 Å². The summed E-state index contributed by atoms with van der Waals surface area (Å²) in [7, 11) is 1.59. The van der Waals surface area contributed by atoms with Crippen LogP contribution in [0.1, 0.15) is 25.8 Å². The molecular weight excluding hydrogens is 411 g/mol. The Kier molecular flexibility index (Phi) is 5.94. The number of methoxy groups -OCH3 is 1. The van der Waals surface area contributed by atoms with Crippen LogP contribution in [0.5, 0.6) is 5.75 Å². The standard InChI is InChI=1S/C24H25FN4O3/c1-4-15(2)27-21(30)13-29-20-10-7-17(25)11-19(20)22-23(29)24(31)28(14-26-22)12-16-5-8-18(32-3)9-6-16/h5-11,14-15H,4,12-13H2,1-3H3,(H,27,30). The number of carbonyl (C=O) groups excluding carboxylic acids is 1. The van der Waals surface area contributed by atoms with Gasteiger partial charge in [-0.3, -0.25) is 14.2 Å². The van der Waals surface area contributed by atoms with Crippen LogP contribution in [-0.2, 0) is 17.9 Å². The van der Waals surface area contributed by atoms with Gasteiger partial charge in [0.25, 0.3) is 5.56 Å². The molecule has 0 aliphatic rings. The molecule has 8 heteroatoms. The highest BCUT2D eigenvalue weighted by Crippen LogP contribution is 2.26. The first kappa shape index (κ1) is 21.5. The van der Waals surface area contributed by atoms with Gasteiger partial charge in [-0.15, -0.1) is 0 Å². The van der Waals surface area contributed by atoms with Crippen LogP contribution >= 0.6 is 0 Å². The Hall–Kier alpha value is -3.68. The van der Waals surface area contributed by atoms with E-state index >= 15 is 0 Å². The van der Waals surface area contributed by atoms with E-state index in [0.29, 0.717) is 23.0 Å². The Labute approximate surface area is 184 Å². The van der Waals surface area contributed by atoms with E-state index in [1.54, 1.807) is 17.7 Å². The zero-order chi connectivity index (χ0) is 22.8. The molecule has 32 heavy (non-hydrogen) atoms. The maximum absolute atomic E-state index is 14.0. The van der Waals surface area contributed by atoms with Crippen molar-refractivity contribution in [1.29, 1.82) is 0 Å². The van der Waals surface area contributed by atoms with E-state index in [1.165, 1.54) is 23.0 Å². The Balaban J connectivity index is 1.82. The molecule has 0 fully saturated rings. The summed E-state index contributed by atoms with van der Waals surface area (Å²) in [6, 6.07) is 11.7. The molecular formula is C24H25FN4O3. The number of amides is 1. The van der Waals surface area contributed by atoms with E-state index < -0.39 is 5.82 Å². The minimum absolute atomic E-state index is 0.0119. The van der Waals surface area contributed by atoms with Crippen molar-refractivity contribution in [3.8, 4) is 5.75 Å². The van der Waals surface area contributed by atoms with Crippen molar-refractivity contribution in [1.82, 2.24) is 19.4 Å². The summed E-state index contributed by atoms with van der Waals surface area (Å²) in [5.41, 5.74) is 1.86. The number of hydrogen-bond acceptors (Lipinski definition) is 4. The van der Waals surface area contributed by atoms with Gasteiger partial charge in [-0.2, -0.15) is 0 Å². The van der Waals surface area contributed by atoms with Gasteiger partial charge in [-0.05, 0) is 49.2 Å². The van der Waals surface area contributed by atoms with Crippen molar-refractivity contribution in [2.75, 3.05) is 7.11 Å². The Morgan fingerprint density at radius 3 is 2.66 bits per heavy atom. The molecule has 2 aromatic carbocycles.